The molecule has 0 aromatic carbocycles. The minimum Gasteiger partial charge on any atom is -0.211 e. The molecule has 1 rings (SSSR count). The number of unbranched alkanes of at least 4 members (excludes halogenated alkanes) is 1. The number of carbonyl (C=O) groups excluding carboxylic acids is 1. The van der Waals surface area contributed by atoms with Crippen LogP contribution in [-0.2, 0) is 4.79 Å². The summed E-state index contributed by atoms with van der Waals surface area (Å²) < 4.78 is 0. The van der Waals surface area contributed by atoms with E-state index in [2.05, 4.69) is 11.9 Å². The first-order valence-corrected chi connectivity index (χ1v) is 3.92. The lowest BCUT2D eigenvalue weighted by Crippen LogP contribution is -2.02. The largest absolute Gasteiger partial charge is 0.235 e. The fourth-order valence-electron chi connectivity index (χ4n) is 1.16. The molecule has 10 heavy (non-hydrogen) atoms. The molecule has 1 saturated carbocycles. The zero-order chi connectivity index (χ0) is 7.45. The van der Waals surface area contributed by atoms with Crippen LogP contribution in [0.4, 0.5) is 0 Å². The van der Waals surface area contributed by atoms with E-state index in [1.807, 2.05) is 0 Å². The summed E-state index contributed by atoms with van der Waals surface area (Å²) >= 11 is 0. The SMILES string of the molecule is CCCCC1(N=C=O)CC1. The molecule has 0 saturated heterocycles. The molecule has 0 atom stereocenters. The maximum Gasteiger partial charge on any atom is 0.235 e. The van der Waals surface area contributed by atoms with Crippen LogP contribution >= 0.6 is 0 Å². The summed E-state index contributed by atoms with van der Waals surface area (Å²) in [7, 11) is 0. The Labute approximate surface area is 61.3 Å². The zero-order valence-electron chi connectivity index (χ0n) is 6.39. The Hall–Kier alpha value is -0.620. The first-order chi connectivity index (χ1) is 4.83. The molecule has 0 aromatic heterocycles. The monoisotopic (exact) mass is 139 g/mol. The van der Waals surface area contributed by atoms with Crippen LogP contribution < -0.4 is 0 Å². The van der Waals surface area contributed by atoms with Gasteiger partial charge in [0.15, 0.2) is 0 Å². The van der Waals surface area contributed by atoms with Gasteiger partial charge in [-0.15, -0.1) is 0 Å². The van der Waals surface area contributed by atoms with Gasteiger partial charge in [-0.25, -0.2) is 4.79 Å². The van der Waals surface area contributed by atoms with Crippen molar-refractivity contribution >= 4 is 6.08 Å². The third kappa shape index (κ3) is 1.68. The van der Waals surface area contributed by atoms with Gasteiger partial charge in [-0.1, -0.05) is 19.8 Å². The van der Waals surface area contributed by atoms with Crippen molar-refractivity contribution < 1.29 is 4.79 Å². The van der Waals surface area contributed by atoms with Gasteiger partial charge in [0.25, 0.3) is 0 Å². The zero-order valence-corrected chi connectivity index (χ0v) is 6.39. The summed E-state index contributed by atoms with van der Waals surface area (Å²) in [6.07, 6.45) is 7.31. The Morgan fingerprint density at radius 1 is 1.60 bits per heavy atom. The Balaban J connectivity index is 2.30. The predicted octanol–water partition coefficient (Wildman–Crippen LogP) is 2.04. The van der Waals surface area contributed by atoms with Crippen LogP contribution in [0.15, 0.2) is 4.99 Å². The van der Waals surface area contributed by atoms with Gasteiger partial charge >= 0.3 is 0 Å². The molecule has 2 nitrogen and oxygen atoms in total. The van der Waals surface area contributed by atoms with E-state index in [4.69, 9.17) is 0 Å². The summed E-state index contributed by atoms with van der Waals surface area (Å²) in [6, 6.07) is 0. The van der Waals surface area contributed by atoms with E-state index in [9.17, 15) is 4.79 Å². The molecule has 1 fully saturated rings. The lowest BCUT2D eigenvalue weighted by Gasteiger charge is -2.03. The van der Waals surface area contributed by atoms with Crippen LogP contribution in [-0.4, -0.2) is 11.6 Å². The van der Waals surface area contributed by atoms with Gasteiger partial charge in [-0.2, -0.15) is 4.99 Å². The molecule has 1 aliphatic carbocycles. The highest BCUT2D eigenvalue weighted by Gasteiger charge is 2.41. The lowest BCUT2D eigenvalue weighted by atomic mass is 10.1. The maximum absolute atomic E-state index is 9.93. The van der Waals surface area contributed by atoms with Crippen molar-refractivity contribution in [2.75, 3.05) is 0 Å². The Morgan fingerprint density at radius 3 is 2.70 bits per heavy atom. The smallest absolute Gasteiger partial charge is 0.211 e. The van der Waals surface area contributed by atoms with E-state index < -0.39 is 0 Å². The van der Waals surface area contributed by atoms with E-state index >= 15 is 0 Å². The number of rotatable bonds is 4. The first kappa shape index (κ1) is 7.49. The number of isocyanates is 1. The number of aliphatic imine (C=N–C) groups is 1. The molecule has 0 N–H and O–H groups in total. The second kappa shape index (κ2) is 2.98. The second-order valence-electron chi connectivity index (χ2n) is 3.03. The van der Waals surface area contributed by atoms with Gasteiger partial charge in [0.2, 0.25) is 6.08 Å². The minimum absolute atomic E-state index is 0.0533. The summed E-state index contributed by atoms with van der Waals surface area (Å²) in [5.41, 5.74) is 0.0533. The van der Waals surface area contributed by atoms with E-state index in [-0.39, 0.29) is 5.54 Å². The average Bonchev–Trinajstić information content (AvgIpc) is 2.67. The van der Waals surface area contributed by atoms with Crippen molar-refractivity contribution in [2.24, 2.45) is 4.99 Å². The van der Waals surface area contributed by atoms with Crippen LogP contribution in [0, 0.1) is 0 Å². The third-order valence-electron chi connectivity index (χ3n) is 2.11. The van der Waals surface area contributed by atoms with Crippen LogP contribution in [0.5, 0.6) is 0 Å². The minimum atomic E-state index is 0.0533. The molecule has 56 valence electrons. The summed E-state index contributed by atoms with van der Waals surface area (Å²) in [5, 5.41) is 0. The highest BCUT2D eigenvalue weighted by Crippen LogP contribution is 2.43. The molecule has 0 bridgehead atoms. The van der Waals surface area contributed by atoms with E-state index in [1.54, 1.807) is 6.08 Å². The van der Waals surface area contributed by atoms with Crippen LogP contribution in [0.25, 0.3) is 0 Å². The fourth-order valence-corrected chi connectivity index (χ4v) is 1.16. The molecule has 0 spiro atoms. The molecule has 0 aromatic rings. The molecular weight excluding hydrogens is 126 g/mol. The summed E-state index contributed by atoms with van der Waals surface area (Å²) in [4.78, 5) is 13.7. The molecule has 2 heteroatoms. The van der Waals surface area contributed by atoms with Gasteiger partial charge in [0.1, 0.15) is 0 Å². The first-order valence-electron chi connectivity index (χ1n) is 3.92. The molecule has 0 heterocycles. The van der Waals surface area contributed by atoms with Gasteiger partial charge in [0, 0.05) is 0 Å². The maximum atomic E-state index is 9.93. The van der Waals surface area contributed by atoms with Crippen molar-refractivity contribution in [1.82, 2.24) is 0 Å². The van der Waals surface area contributed by atoms with Crippen molar-refractivity contribution in [2.45, 2.75) is 44.6 Å². The molecular formula is C8H13NO. The van der Waals surface area contributed by atoms with Gasteiger partial charge < -0.3 is 0 Å². The van der Waals surface area contributed by atoms with Crippen molar-refractivity contribution in [1.29, 1.82) is 0 Å². The van der Waals surface area contributed by atoms with Crippen molar-refractivity contribution in [3.05, 3.63) is 0 Å². The second-order valence-corrected chi connectivity index (χ2v) is 3.03. The fraction of sp³-hybridized carbons (Fsp3) is 0.875. The van der Waals surface area contributed by atoms with Crippen LogP contribution in [0.1, 0.15) is 39.0 Å². The lowest BCUT2D eigenvalue weighted by molar-refractivity contribution is 0.536. The molecule has 0 radical (unpaired) electrons. The van der Waals surface area contributed by atoms with E-state index in [0.717, 1.165) is 19.3 Å². The van der Waals surface area contributed by atoms with Crippen molar-refractivity contribution in [3.63, 3.8) is 0 Å². The van der Waals surface area contributed by atoms with E-state index in [0.29, 0.717) is 0 Å². The Bertz CT molecular complexity index is 155. The standard InChI is InChI=1S/C8H13NO/c1-2-3-4-8(5-6-8)9-7-10/h2-6H2,1H3. The van der Waals surface area contributed by atoms with Gasteiger partial charge in [-0.05, 0) is 19.3 Å². The van der Waals surface area contributed by atoms with Gasteiger partial charge in [-0.3, -0.25) is 0 Å². The number of hydrogen-bond acceptors (Lipinski definition) is 2. The normalized spacial score (nSPS) is 19.7. The van der Waals surface area contributed by atoms with Gasteiger partial charge in [0.05, 0.1) is 5.54 Å². The third-order valence-corrected chi connectivity index (χ3v) is 2.11. The highest BCUT2D eigenvalue weighted by molar-refractivity contribution is 5.36. The van der Waals surface area contributed by atoms with Crippen molar-refractivity contribution in [3.8, 4) is 0 Å². The topological polar surface area (TPSA) is 29.4 Å². The summed E-state index contributed by atoms with van der Waals surface area (Å²) in [6.45, 7) is 2.15. The predicted molar refractivity (Wildman–Crippen MR) is 39.6 cm³/mol. The van der Waals surface area contributed by atoms with Crippen LogP contribution in [0.3, 0.4) is 0 Å². The molecule has 0 unspecified atom stereocenters. The molecule has 0 aliphatic heterocycles. The number of hydrogen-bond donors (Lipinski definition) is 0. The Morgan fingerprint density at radius 2 is 2.30 bits per heavy atom. The highest BCUT2D eigenvalue weighted by atomic mass is 16.1. The summed E-state index contributed by atoms with van der Waals surface area (Å²) in [5.74, 6) is 0. The number of nitrogens with zero attached hydrogens (tertiary/aromatic N) is 1. The average molecular weight is 139 g/mol. The Kier molecular flexibility index (Phi) is 2.23. The quantitative estimate of drug-likeness (QED) is 0.433. The molecule has 1 aliphatic rings. The van der Waals surface area contributed by atoms with E-state index in [1.165, 1.54) is 12.8 Å². The van der Waals surface area contributed by atoms with Crippen LogP contribution in [0.2, 0.25) is 0 Å². The molecule has 0 amide bonds.